The molecule has 0 saturated heterocycles. The number of fused-ring (bicyclic) bond motifs is 2. The molecule has 1 fully saturated rings. The summed E-state index contributed by atoms with van der Waals surface area (Å²) >= 11 is 12.5. The highest BCUT2D eigenvalue weighted by Gasteiger charge is 2.53. The number of halogens is 2. The summed E-state index contributed by atoms with van der Waals surface area (Å²) in [5.41, 5.74) is 4.64. The minimum atomic E-state index is -0.995. The van der Waals surface area contributed by atoms with Gasteiger partial charge in [-0.15, -0.1) is 0 Å². The van der Waals surface area contributed by atoms with Crippen molar-refractivity contribution in [3.63, 3.8) is 0 Å². The molecule has 3 aromatic carbocycles. The van der Waals surface area contributed by atoms with Crippen molar-refractivity contribution >= 4 is 34.9 Å². The molecule has 0 heterocycles. The highest BCUT2D eigenvalue weighted by molar-refractivity contribution is 6.32. The Bertz CT molecular complexity index is 1310. The summed E-state index contributed by atoms with van der Waals surface area (Å²) in [6, 6.07) is 20.1. The lowest BCUT2D eigenvalue weighted by Crippen LogP contribution is -2.53. The SMILES string of the molecule is Cc1cc(OCCCC2Cc3ccccc3C23CCC(Nc2cccc(Cl)c2)(C(=O)O)CC3)cc(C)c1Cl. The van der Waals surface area contributed by atoms with Crippen molar-refractivity contribution in [2.45, 2.75) is 69.7 Å². The van der Waals surface area contributed by atoms with E-state index in [2.05, 4.69) is 29.6 Å². The number of hydrogen-bond acceptors (Lipinski definition) is 3. The Balaban J connectivity index is 1.30. The lowest BCUT2D eigenvalue weighted by Gasteiger charge is -2.47. The van der Waals surface area contributed by atoms with Crippen LogP contribution >= 0.6 is 23.2 Å². The van der Waals surface area contributed by atoms with Crippen molar-refractivity contribution in [1.29, 1.82) is 0 Å². The van der Waals surface area contributed by atoms with E-state index in [1.165, 1.54) is 11.1 Å². The fraction of sp³-hybridized carbons (Fsp3) is 0.406. The van der Waals surface area contributed by atoms with Crippen LogP contribution in [0.1, 0.15) is 60.8 Å². The molecule has 2 N–H and O–H groups in total. The molecule has 0 bridgehead atoms. The molecule has 38 heavy (non-hydrogen) atoms. The van der Waals surface area contributed by atoms with Gasteiger partial charge in [0.15, 0.2) is 0 Å². The van der Waals surface area contributed by atoms with E-state index in [1.54, 1.807) is 12.1 Å². The third-order valence-electron chi connectivity index (χ3n) is 8.79. The molecule has 200 valence electrons. The summed E-state index contributed by atoms with van der Waals surface area (Å²) < 4.78 is 6.12. The monoisotopic (exact) mass is 551 g/mol. The molecule has 1 unspecified atom stereocenters. The lowest BCUT2D eigenvalue weighted by atomic mass is 9.60. The van der Waals surface area contributed by atoms with E-state index in [0.717, 1.165) is 59.7 Å². The molecular weight excluding hydrogens is 517 g/mol. The summed E-state index contributed by atoms with van der Waals surface area (Å²) in [5, 5.41) is 15.1. The van der Waals surface area contributed by atoms with Crippen molar-refractivity contribution in [2.24, 2.45) is 5.92 Å². The number of carbonyl (C=O) groups is 1. The number of carboxylic acid groups (broad SMARTS) is 1. The molecular formula is C32H35Cl2NO3. The van der Waals surface area contributed by atoms with E-state index in [1.807, 2.05) is 38.1 Å². The quantitative estimate of drug-likeness (QED) is 0.276. The van der Waals surface area contributed by atoms with E-state index < -0.39 is 11.5 Å². The number of hydrogen-bond donors (Lipinski definition) is 2. The molecule has 1 atom stereocenters. The Morgan fingerprint density at radius 3 is 2.39 bits per heavy atom. The van der Waals surface area contributed by atoms with Crippen LogP contribution in [0.2, 0.25) is 10.0 Å². The number of ether oxygens (including phenoxy) is 1. The van der Waals surface area contributed by atoms with Crippen molar-refractivity contribution in [3.05, 3.63) is 93.0 Å². The minimum Gasteiger partial charge on any atom is -0.494 e. The van der Waals surface area contributed by atoms with E-state index in [9.17, 15) is 9.90 Å². The van der Waals surface area contributed by atoms with Crippen molar-refractivity contribution < 1.29 is 14.6 Å². The Hall–Kier alpha value is -2.69. The van der Waals surface area contributed by atoms with Gasteiger partial charge in [-0.3, -0.25) is 0 Å². The van der Waals surface area contributed by atoms with Gasteiger partial charge in [-0.05, 0) is 123 Å². The average molecular weight is 553 g/mol. The topological polar surface area (TPSA) is 58.6 Å². The molecule has 0 aromatic heterocycles. The molecule has 1 spiro atoms. The third-order valence-corrected chi connectivity index (χ3v) is 9.62. The Labute approximate surface area is 235 Å². The fourth-order valence-corrected chi connectivity index (χ4v) is 7.09. The summed E-state index contributed by atoms with van der Waals surface area (Å²) in [5.74, 6) is 0.539. The predicted octanol–water partition coefficient (Wildman–Crippen LogP) is 8.39. The van der Waals surface area contributed by atoms with Crippen LogP contribution in [0.15, 0.2) is 60.7 Å². The molecule has 2 aliphatic rings. The maximum absolute atomic E-state index is 12.6. The van der Waals surface area contributed by atoms with Crippen molar-refractivity contribution in [3.8, 4) is 5.75 Å². The first kappa shape index (κ1) is 26.9. The van der Waals surface area contributed by atoms with Crippen LogP contribution in [0.4, 0.5) is 5.69 Å². The Morgan fingerprint density at radius 2 is 1.71 bits per heavy atom. The van der Waals surface area contributed by atoms with Gasteiger partial charge in [0.25, 0.3) is 0 Å². The van der Waals surface area contributed by atoms with Gasteiger partial charge in [0.05, 0.1) is 6.61 Å². The summed E-state index contributed by atoms with van der Waals surface area (Å²) in [6.07, 6.45) is 5.85. The molecule has 6 heteroatoms. The second-order valence-corrected chi connectivity index (χ2v) is 11.9. The van der Waals surface area contributed by atoms with Gasteiger partial charge in [-0.1, -0.05) is 53.5 Å². The second kappa shape index (κ2) is 10.8. The molecule has 1 saturated carbocycles. The van der Waals surface area contributed by atoms with Crippen LogP contribution in [-0.2, 0) is 16.6 Å². The smallest absolute Gasteiger partial charge is 0.329 e. The molecule has 4 nitrogen and oxygen atoms in total. The zero-order valence-electron chi connectivity index (χ0n) is 22.0. The third kappa shape index (κ3) is 5.13. The van der Waals surface area contributed by atoms with Gasteiger partial charge in [0, 0.05) is 15.7 Å². The number of anilines is 1. The van der Waals surface area contributed by atoms with Crippen LogP contribution in [-0.4, -0.2) is 23.2 Å². The summed E-state index contributed by atoms with van der Waals surface area (Å²) in [4.78, 5) is 12.6. The number of aliphatic carboxylic acids is 1. The summed E-state index contributed by atoms with van der Waals surface area (Å²) in [7, 11) is 0. The number of aryl methyl sites for hydroxylation is 2. The van der Waals surface area contributed by atoms with Crippen LogP contribution < -0.4 is 10.1 Å². The van der Waals surface area contributed by atoms with Gasteiger partial charge in [0.2, 0.25) is 0 Å². The lowest BCUT2D eigenvalue weighted by molar-refractivity contribution is -0.144. The first-order chi connectivity index (χ1) is 18.2. The number of benzene rings is 3. The molecule has 2 aliphatic carbocycles. The first-order valence-electron chi connectivity index (χ1n) is 13.5. The maximum Gasteiger partial charge on any atom is 0.329 e. The zero-order valence-corrected chi connectivity index (χ0v) is 23.5. The normalized spacial score (nSPS) is 24.3. The second-order valence-electron chi connectivity index (χ2n) is 11.1. The van der Waals surface area contributed by atoms with E-state index >= 15 is 0 Å². The van der Waals surface area contributed by atoms with E-state index in [0.29, 0.717) is 30.4 Å². The number of nitrogens with one attached hydrogen (secondary N) is 1. The zero-order chi connectivity index (χ0) is 26.9. The minimum absolute atomic E-state index is 0.000987. The molecule has 5 rings (SSSR count). The molecule has 0 amide bonds. The number of rotatable bonds is 8. The Kier molecular flexibility index (Phi) is 7.66. The molecule has 3 aromatic rings. The van der Waals surface area contributed by atoms with Crippen LogP contribution in [0.3, 0.4) is 0 Å². The Morgan fingerprint density at radius 1 is 1.00 bits per heavy atom. The fourth-order valence-electron chi connectivity index (χ4n) is 6.79. The highest BCUT2D eigenvalue weighted by Crippen LogP contribution is 2.55. The maximum atomic E-state index is 12.6. The highest BCUT2D eigenvalue weighted by atomic mass is 35.5. The van der Waals surface area contributed by atoms with Crippen LogP contribution in [0.5, 0.6) is 5.75 Å². The van der Waals surface area contributed by atoms with E-state index in [-0.39, 0.29) is 5.41 Å². The first-order valence-corrected chi connectivity index (χ1v) is 14.2. The van der Waals surface area contributed by atoms with Gasteiger partial charge < -0.3 is 15.2 Å². The standard InChI is InChI=1S/C32H35Cl2NO3/c1-21-17-27(18-22(2)29(21)34)38-16-6-8-24-19-23-7-3-4-11-28(23)31(24)12-14-32(15-13-31,30(36)37)35-26-10-5-9-25(33)20-26/h3-5,7,9-11,17-18,20,24,35H,6,8,12-16,19H2,1-2H3,(H,36,37). The van der Waals surface area contributed by atoms with Gasteiger partial charge >= 0.3 is 5.97 Å². The number of carboxylic acids is 1. The van der Waals surface area contributed by atoms with Gasteiger partial charge in [0.1, 0.15) is 11.3 Å². The predicted molar refractivity (Wildman–Crippen MR) is 155 cm³/mol. The largest absolute Gasteiger partial charge is 0.494 e. The average Bonchev–Trinajstić information content (AvgIpc) is 3.19. The van der Waals surface area contributed by atoms with E-state index in [4.69, 9.17) is 27.9 Å². The van der Waals surface area contributed by atoms with Crippen molar-refractivity contribution in [2.75, 3.05) is 11.9 Å². The van der Waals surface area contributed by atoms with Gasteiger partial charge in [-0.25, -0.2) is 4.79 Å². The summed E-state index contributed by atoms with van der Waals surface area (Å²) in [6.45, 7) is 4.66. The molecule has 0 aliphatic heterocycles. The van der Waals surface area contributed by atoms with Crippen LogP contribution in [0.25, 0.3) is 0 Å². The van der Waals surface area contributed by atoms with Gasteiger partial charge in [-0.2, -0.15) is 0 Å². The van der Waals surface area contributed by atoms with Crippen molar-refractivity contribution in [1.82, 2.24) is 0 Å². The van der Waals surface area contributed by atoms with Crippen LogP contribution in [0, 0.1) is 19.8 Å². The molecule has 0 radical (unpaired) electrons.